The predicted octanol–water partition coefficient (Wildman–Crippen LogP) is 2.17. The molecule has 0 saturated carbocycles. The van der Waals surface area contributed by atoms with E-state index in [2.05, 4.69) is 15.3 Å². The molecule has 6 heteroatoms. The van der Waals surface area contributed by atoms with Crippen LogP contribution in [0.5, 0.6) is 0 Å². The second kappa shape index (κ2) is 5.95. The molecule has 0 aliphatic heterocycles. The SMILES string of the molecule is O=C(NCC(O)c1cccc(F)c1)c1cnc2[nH]ccc2c1. The molecular formula is C16H14FN3O2. The Labute approximate surface area is 125 Å². The molecule has 0 saturated heterocycles. The van der Waals surface area contributed by atoms with Gasteiger partial charge in [-0.3, -0.25) is 4.79 Å². The summed E-state index contributed by atoms with van der Waals surface area (Å²) in [4.78, 5) is 19.1. The highest BCUT2D eigenvalue weighted by atomic mass is 19.1. The number of nitrogens with zero attached hydrogens (tertiary/aromatic N) is 1. The first-order chi connectivity index (χ1) is 10.6. The summed E-state index contributed by atoms with van der Waals surface area (Å²) in [5, 5.41) is 13.4. The number of carbonyl (C=O) groups excluding carboxylic acids is 1. The maximum absolute atomic E-state index is 13.1. The molecule has 0 spiro atoms. The molecule has 0 aliphatic rings. The third-order valence-electron chi connectivity index (χ3n) is 3.35. The van der Waals surface area contributed by atoms with Crippen LogP contribution in [0.1, 0.15) is 22.0 Å². The van der Waals surface area contributed by atoms with E-state index in [0.29, 0.717) is 16.8 Å². The predicted molar refractivity (Wildman–Crippen MR) is 79.8 cm³/mol. The van der Waals surface area contributed by atoms with E-state index in [0.717, 1.165) is 5.39 Å². The van der Waals surface area contributed by atoms with Gasteiger partial charge in [0.15, 0.2) is 0 Å². The van der Waals surface area contributed by atoms with Crippen LogP contribution in [0, 0.1) is 5.82 Å². The van der Waals surface area contributed by atoms with E-state index in [9.17, 15) is 14.3 Å². The summed E-state index contributed by atoms with van der Waals surface area (Å²) in [7, 11) is 0. The van der Waals surface area contributed by atoms with Crippen molar-refractivity contribution in [1.29, 1.82) is 0 Å². The van der Waals surface area contributed by atoms with Crippen molar-refractivity contribution in [2.45, 2.75) is 6.10 Å². The Hall–Kier alpha value is -2.73. The molecule has 1 amide bonds. The lowest BCUT2D eigenvalue weighted by atomic mass is 10.1. The molecule has 1 atom stereocenters. The second-order valence-electron chi connectivity index (χ2n) is 4.92. The van der Waals surface area contributed by atoms with Gasteiger partial charge in [0.05, 0.1) is 11.7 Å². The van der Waals surface area contributed by atoms with E-state index in [-0.39, 0.29) is 12.5 Å². The Morgan fingerprint density at radius 3 is 3.05 bits per heavy atom. The first-order valence-corrected chi connectivity index (χ1v) is 6.78. The van der Waals surface area contributed by atoms with Crippen molar-refractivity contribution in [3.63, 3.8) is 0 Å². The maximum atomic E-state index is 13.1. The van der Waals surface area contributed by atoms with Crippen LogP contribution in [0.25, 0.3) is 11.0 Å². The number of aliphatic hydroxyl groups excluding tert-OH is 1. The number of carbonyl (C=O) groups is 1. The van der Waals surface area contributed by atoms with Gasteiger partial charge >= 0.3 is 0 Å². The molecule has 0 radical (unpaired) electrons. The zero-order valence-corrected chi connectivity index (χ0v) is 11.6. The Kier molecular flexibility index (Phi) is 3.84. The van der Waals surface area contributed by atoms with Gasteiger partial charge in [-0.25, -0.2) is 9.37 Å². The lowest BCUT2D eigenvalue weighted by molar-refractivity contribution is 0.0916. The van der Waals surface area contributed by atoms with Crippen LogP contribution in [0.15, 0.2) is 48.8 Å². The fourth-order valence-corrected chi connectivity index (χ4v) is 2.19. The number of rotatable bonds is 4. The molecule has 3 rings (SSSR count). The maximum Gasteiger partial charge on any atom is 0.252 e. The number of fused-ring (bicyclic) bond motifs is 1. The average Bonchev–Trinajstić information content (AvgIpc) is 2.99. The standard InChI is InChI=1S/C16H14FN3O2/c17-13-3-1-2-10(7-13)14(21)9-20-16(22)12-6-11-4-5-18-15(11)19-8-12/h1-8,14,21H,9H2,(H,18,19)(H,20,22). The van der Waals surface area contributed by atoms with Crippen LogP contribution >= 0.6 is 0 Å². The molecule has 2 heterocycles. The monoisotopic (exact) mass is 299 g/mol. The molecular weight excluding hydrogens is 285 g/mol. The first kappa shape index (κ1) is 14.2. The number of halogens is 1. The fourth-order valence-electron chi connectivity index (χ4n) is 2.19. The van der Waals surface area contributed by atoms with Crippen LogP contribution in [0.3, 0.4) is 0 Å². The molecule has 0 bridgehead atoms. The second-order valence-corrected chi connectivity index (χ2v) is 4.92. The van der Waals surface area contributed by atoms with E-state index in [1.165, 1.54) is 24.4 Å². The lowest BCUT2D eigenvalue weighted by Crippen LogP contribution is -2.28. The van der Waals surface area contributed by atoms with E-state index in [1.54, 1.807) is 18.3 Å². The largest absolute Gasteiger partial charge is 0.387 e. The highest BCUT2D eigenvalue weighted by molar-refractivity contribution is 5.96. The molecule has 22 heavy (non-hydrogen) atoms. The van der Waals surface area contributed by atoms with Crippen molar-refractivity contribution in [2.24, 2.45) is 0 Å². The van der Waals surface area contributed by atoms with Gasteiger partial charge in [-0.2, -0.15) is 0 Å². The molecule has 1 unspecified atom stereocenters. The summed E-state index contributed by atoms with van der Waals surface area (Å²) < 4.78 is 13.1. The number of aliphatic hydroxyl groups is 1. The van der Waals surface area contributed by atoms with Gasteiger partial charge in [-0.15, -0.1) is 0 Å². The van der Waals surface area contributed by atoms with E-state index >= 15 is 0 Å². The topological polar surface area (TPSA) is 78.0 Å². The number of pyridine rings is 1. The van der Waals surface area contributed by atoms with Crippen molar-refractivity contribution in [3.8, 4) is 0 Å². The number of aromatic amines is 1. The average molecular weight is 299 g/mol. The number of amides is 1. The van der Waals surface area contributed by atoms with Crippen molar-refractivity contribution in [3.05, 3.63) is 65.7 Å². The number of benzene rings is 1. The minimum atomic E-state index is -0.969. The first-order valence-electron chi connectivity index (χ1n) is 6.78. The molecule has 3 aromatic rings. The minimum Gasteiger partial charge on any atom is -0.387 e. The van der Waals surface area contributed by atoms with Crippen molar-refractivity contribution >= 4 is 16.9 Å². The fraction of sp³-hybridized carbons (Fsp3) is 0.125. The number of hydrogen-bond donors (Lipinski definition) is 3. The number of hydrogen-bond acceptors (Lipinski definition) is 3. The molecule has 2 aromatic heterocycles. The quantitative estimate of drug-likeness (QED) is 0.691. The third-order valence-corrected chi connectivity index (χ3v) is 3.35. The van der Waals surface area contributed by atoms with E-state index in [4.69, 9.17) is 0 Å². The molecule has 3 N–H and O–H groups in total. The van der Waals surface area contributed by atoms with Crippen molar-refractivity contribution in [2.75, 3.05) is 6.54 Å². The Morgan fingerprint density at radius 1 is 1.36 bits per heavy atom. The summed E-state index contributed by atoms with van der Waals surface area (Å²) in [6.45, 7) is -0.00649. The lowest BCUT2D eigenvalue weighted by Gasteiger charge is -2.12. The zero-order valence-electron chi connectivity index (χ0n) is 11.6. The van der Waals surface area contributed by atoms with E-state index < -0.39 is 11.9 Å². The molecule has 0 aliphatic carbocycles. The van der Waals surface area contributed by atoms with Gasteiger partial charge in [0.25, 0.3) is 5.91 Å². The normalized spacial score (nSPS) is 12.3. The highest BCUT2D eigenvalue weighted by Crippen LogP contribution is 2.14. The Bertz CT molecular complexity index is 816. The van der Waals surface area contributed by atoms with Crippen LogP contribution in [-0.4, -0.2) is 27.5 Å². The third kappa shape index (κ3) is 2.96. The molecule has 5 nitrogen and oxygen atoms in total. The number of H-pyrrole nitrogens is 1. The summed E-state index contributed by atoms with van der Waals surface area (Å²) in [5.74, 6) is -0.768. The Balaban J connectivity index is 1.66. The van der Waals surface area contributed by atoms with Crippen LogP contribution in [-0.2, 0) is 0 Å². The summed E-state index contributed by atoms with van der Waals surface area (Å²) in [6.07, 6.45) is 2.24. The zero-order chi connectivity index (χ0) is 15.5. The number of aromatic nitrogens is 2. The molecule has 112 valence electrons. The van der Waals surface area contributed by atoms with Gasteiger partial charge in [0.2, 0.25) is 0 Å². The van der Waals surface area contributed by atoms with Gasteiger partial charge in [-0.05, 0) is 29.8 Å². The van der Waals surface area contributed by atoms with Crippen molar-refractivity contribution < 1.29 is 14.3 Å². The molecule has 0 fully saturated rings. The van der Waals surface area contributed by atoms with Gasteiger partial charge in [-0.1, -0.05) is 12.1 Å². The van der Waals surface area contributed by atoms with Crippen LogP contribution in [0.2, 0.25) is 0 Å². The van der Waals surface area contributed by atoms with Crippen LogP contribution in [0.4, 0.5) is 4.39 Å². The van der Waals surface area contributed by atoms with E-state index in [1.807, 2.05) is 6.07 Å². The molecule has 1 aromatic carbocycles. The summed E-state index contributed by atoms with van der Waals surface area (Å²) >= 11 is 0. The van der Waals surface area contributed by atoms with Gasteiger partial charge in [0.1, 0.15) is 11.5 Å². The number of nitrogens with one attached hydrogen (secondary N) is 2. The highest BCUT2D eigenvalue weighted by Gasteiger charge is 2.12. The minimum absolute atomic E-state index is 0.00649. The summed E-state index contributed by atoms with van der Waals surface area (Å²) in [5.41, 5.74) is 1.52. The smallest absolute Gasteiger partial charge is 0.252 e. The van der Waals surface area contributed by atoms with Crippen LogP contribution < -0.4 is 5.32 Å². The van der Waals surface area contributed by atoms with Gasteiger partial charge in [0, 0.05) is 24.3 Å². The van der Waals surface area contributed by atoms with Gasteiger partial charge < -0.3 is 15.4 Å². The Morgan fingerprint density at radius 2 is 2.23 bits per heavy atom. The summed E-state index contributed by atoms with van der Waals surface area (Å²) in [6, 6.07) is 9.19. The van der Waals surface area contributed by atoms with Crippen molar-refractivity contribution in [1.82, 2.24) is 15.3 Å².